The Hall–Kier alpha value is -2.05. The van der Waals surface area contributed by atoms with E-state index in [0.717, 1.165) is 12.2 Å². The molecule has 0 bridgehead atoms. The fraction of sp³-hybridized carbons (Fsp3) is 0.250. The highest BCUT2D eigenvalue weighted by molar-refractivity contribution is 7.92. The summed E-state index contributed by atoms with van der Waals surface area (Å²) in [6, 6.07) is 13.6. The van der Waals surface area contributed by atoms with Gasteiger partial charge in [0.1, 0.15) is 18.5 Å². The molecule has 22 heavy (non-hydrogen) atoms. The molecule has 3 rings (SSSR count). The maximum Gasteiger partial charge on any atom is 0.261 e. The Bertz CT molecular complexity index is 752. The second-order valence-electron chi connectivity index (χ2n) is 5.21. The lowest BCUT2D eigenvalue weighted by atomic mass is 10.2. The van der Waals surface area contributed by atoms with Crippen molar-refractivity contribution in [2.45, 2.75) is 17.9 Å². The molecule has 0 spiro atoms. The molecule has 1 atom stereocenters. The van der Waals surface area contributed by atoms with E-state index < -0.39 is 10.0 Å². The Morgan fingerprint density at radius 2 is 1.95 bits per heavy atom. The van der Waals surface area contributed by atoms with Gasteiger partial charge in [-0.3, -0.25) is 4.72 Å². The summed E-state index contributed by atoms with van der Waals surface area (Å²) < 4.78 is 37.7. The minimum Gasteiger partial charge on any atom is -0.491 e. The summed E-state index contributed by atoms with van der Waals surface area (Å²) in [5.74, 6) is 0.689. The lowest BCUT2D eigenvalue weighted by molar-refractivity contribution is 0.263. The van der Waals surface area contributed by atoms with E-state index >= 15 is 0 Å². The number of ether oxygens (including phenoxy) is 2. The standard InChI is InChI=1S/C16H17NO4S/c1-12-3-2-4-16(9-12)22(18,19)17-13-5-7-14(8-6-13)20-10-15-11-21-15/h2-9,15,17H,10-11H2,1H3. The van der Waals surface area contributed by atoms with E-state index in [4.69, 9.17) is 9.47 Å². The molecule has 1 aliphatic rings. The van der Waals surface area contributed by atoms with Crippen molar-refractivity contribution < 1.29 is 17.9 Å². The lowest BCUT2D eigenvalue weighted by Crippen LogP contribution is -2.13. The van der Waals surface area contributed by atoms with Crippen molar-refractivity contribution in [2.75, 3.05) is 17.9 Å². The van der Waals surface area contributed by atoms with Crippen molar-refractivity contribution in [3.63, 3.8) is 0 Å². The zero-order valence-electron chi connectivity index (χ0n) is 12.2. The highest BCUT2D eigenvalue weighted by Gasteiger charge is 2.23. The molecular weight excluding hydrogens is 302 g/mol. The third-order valence-electron chi connectivity index (χ3n) is 3.24. The topological polar surface area (TPSA) is 67.9 Å². The average molecular weight is 319 g/mol. The van der Waals surface area contributed by atoms with Gasteiger partial charge in [0.25, 0.3) is 10.0 Å². The quantitative estimate of drug-likeness (QED) is 0.831. The molecule has 1 unspecified atom stereocenters. The third-order valence-corrected chi connectivity index (χ3v) is 4.62. The van der Waals surface area contributed by atoms with E-state index in [9.17, 15) is 8.42 Å². The molecule has 0 aromatic heterocycles. The van der Waals surface area contributed by atoms with E-state index in [1.54, 1.807) is 42.5 Å². The van der Waals surface area contributed by atoms with E-state index in [2.05, 4.69) is 4.72 Å². The van der Waals surface area contributed by atoms with Crippen LogP contribution in [0, 0.1) is 6.92 Å². The Kier molecular flexibility index (Phi) is 4.04. The number of anilines is 1. The molecule has 116 valence electrons. The van der Waals surface area contributed by atoms with Crippen LogP contribution in [0.15, 0.2) is 53.4 Å². The minimum absolute atomic E-state index is 0.194. The monoisotopic (exact) mass is 319 g/mol. The average Bonchev–Trinajstić information content (AvgIpc) is 3.30. The molecule has 2 aromatic rings. The van der Waals surface area contributed by atoms with Crippen LogP contribution >= 0.6 is 0 Å². The molecule has 1 fully saturated rings. The molecule has 0 saturated carbocycles. The van der Waals surface area contributed by atoms with E-state index in [1.165, 1.54) is 0 Å². The van der Waals surface area contributed by atoms with Crippen LogP contribution in [0.2, 0.25) is 0 Å². The molecule has 1 saturated heterocycles. The first kappa shape index (κ1) is 14.9. The van der Waals surface area contributed by atoms with Crippen molar-refractivity contribution in [3.05, 3.63) is 54.1 Å². The number of sulfonamides is 1. The van der Waals surface area contributed by atoms with Gasteiger partial charge in [-0.25, -0.2) is 8.42 Å². The van der Waals surface area contributed by atoms with E-state index in [1.807, 2.05) is 13.0 Å². The van der Waals surface area contributed by atoms with Gasteiger partial charge in [-0.05, 0) is 48.9 Å². The number of hydrogen-bond acceptors (Lipinski definition) is 4. The molecule has 0 radical (unpaired) electrons. The van der Waals surface area contributed by atoms with Gasteiger partial charge in [0, 0.05) is 5.69 Å². The van der Waals surface area contributed by atoms with Gasteiger partial charge in [0.05, 0.1) is 11.5 Å². The van der Waals surface area contributed by atoms with Gasteiger partial charge in [-0.15, -0.1) is 0 Å². The predicted molar refractivity (Wildman–Crippen MR) is 83.7 cm³/mol. The van der Waals surface area contributed by atoms with Crippen LogP contribution < -0.4 is 9.46 Å². The van der Waals surface area contributed by atoms with Crippen molar-refractivity contribution >= 4 is 15.7 Å². The van der Waals surface area contributed by atoms with Crippen LogP contribution in [0.5, 0.6) is 5.75 Å². The SMILES string of the molecule is Cc1cccc(S(=O)(=O)Nc2ccc(OCC3CO3)cc2)c1. The van der Waals surface area contributed by atoms with Gasteiger partial charge in [-0.1, -0.05) is 12.1 Å². The fourth-order valence-electron chi connectivity index (χ4n) is 1.97. The highest BCUT2D eigenvalue weighted by Crippen LogP contribution is 2.21. The minimum atomic E-state index is -3.58. The van der Waals surface area contributed by atoms with Crippen LogP contribution in [0.3, 0.4) is 0 Å². The van der Waals surface area contributed by atoms with Crippen LogP contribution in [-0.4, -0.2) is 27.7 Å². The maximum absolute atomic E-state index is 12.3. The van der Waals surface area contributed by atoms with Crippen molar-refractivity contribution in [1.29, 1.82) is 0 Å². The van der Waals surface area contributed by atoms with Gasteiger partial charge in [-0.2, -0.15) is 0 Å². The van der Waals surface area contributed by atoms with Crippen molar-refractivity contribution in [2.24, 2.45) is 0 Å². The third kappa shape index (κ3) is 3.78. The summed E-state index contributed by atoms with van der Waals surface area (Å²) >= 11 is 0. The van der Waals surface area contributed by atoms with Crippen LogP contribution in [0.1, 0.15) is 5.56 Å². The first-order valence-corrected chi connectivity index (χ1v) is 8.45. The second kappa shape index (κ2) is 5.98. The Morgan fingerprint density at radius 1 is 1.23 bits per heavy atom. The molecular formula is C16H17NO4S. The molecule has 6 heteroatoms. The first-order chi connectivity index (χ1) is 10.5. The van der Waals surface area contributed by atoms with E-state index in [0.29, 0.717) is 18.0 Å². The van der Waals surface area contributed by atoms with Gasteiger partial charge in [0.2, 0.25) is 0 Å². The largest absolute Gasteiger partial charge is 0.491 e. The van der Waals surface area contributed by atoms with Gasteiger partial charge in [0.15, 0.2) is 0 Å². The number of aryl methyl sites for hydroxylation is 1. The molecule has 1 aliphatic heterocycles. The van der Waals surface area contributed by atoms with Crippen molar-refractivity contribution in [3.8, 4) is 5.75 Å². The fourth-order valence-corrected chi connectivity index (χ4v) is 3.13. The van der Waals surface area contributed by atoms with Crippen LogP contribution in [-0.2, 0) is 14.8 Å². The summed E-state index contributed by atoms with van der Waals surface area (Å²) in [6.07, 6.45) is 0.194. The summed E-state index contributed by atoms with van der Waals surface area (Å²) in [6.45, 7) is 3.12. The highest BCUT2D eigenvalue weighted by atomic mass is 32.2. The summed E-state index contributed by atoms with van der Waals surface area (Å²) in [5, 5.41) is 0. The zero-order valence-corrected chi connectivity index (χ0v) is 13.0. The summed E-state index contributed by atoms with van der Waals surface area (Å²) in [7, 11) is -3.58. The lowest BCUT2D eigenvalue weighted by Gasteiger charge is -2.10. The predicted octanol–water partition coefficient (Wildman–Crippen LogP) is 2.57. The number of nitrogens with one attached hydrogen (secondary N) is 1. The molecule has 1 N–H and O–H groups in total. The summed E-state index contributed by atoms with van der Waals surface area (Å²) in [4.78, 5) is 0.249. The van der Waals surface area contributed by atoms with Gasteiger partial charge >= 0.3 is 0 Å². The Morgan fingerprint density at radius 3 is 2.59 bits per heavy atom. The number of epoxide rings is 1. The first-order valence-electron chi connectivity index (χ1n) is 6.97. The maximum atomic E-state index is 12.3. The molecule has 0 aliphatic carbocycles. The number of rotatable bonds is 6. The number of benzene rings is 2. The normalized spacial score (nSPS) is 17.0. The Labute approximate surface area is 129 Å². The molecule has 1 heterocycles. The summed E-state index contributed by atoms with van der Waals surface area (Å²) in [5.41, 5.74) is 1.39. The molecule has 2 aromatic carbocycles. The van der Waals surface area contributed by atoms with Crippen LogP contribution in [0.25, 0.3) is 0 Å². The Balaban J connectivity index is 1.68. The zero-order chi connectivity index (χ0) is 15.6. The second-order valence-corrected chi connectivity index (χ2v) is 6.90. The van der Waals surface area contributed by atoms with Crippen LogP contribution in [0.4, 0.5) is 5.69 Å². The van der Waals surface area contributed by atoms with E-state index in [-0.39, 0.29) is 11.0 Å². The van der Waals surface area contributed by atoms with Crippen molar-refractivity contribution in [1.82, 2.24) is 0 Å². The smallest absolute Gasteiger partial charge is 0.261 e. The molecule has 5 nitrogen and oxygen atoms in total. The molecule has 0 amide bonds. The number of hydrogen-bond donors (Lipinski definition) is 1. The van der Waals surface area contributed by atoms with Gasteiger partial charge < -0.3 is 9.47 Å².